The van der Waals surface area contributed by atoms with Gasteiger partial charge in [0, 0.05) is 40.7 Å². The van der Waals surface area contributed by atoms with E-state index in [1.54, 1.807) is 0 Å². The monoisotopic (exact) mass is 522 g/mol. The molecule has 7 nitrogen and oxygen atoms in total. The number of nitrogens with one attached hydrogen (secondary N) is 1. The van der Waals surface area contributed by atoms with Crippen LogP contribution >= 0.6 is 0 Å². The number of fused-ring (bicyclic) bond motifs is 2. The number of rotatable bonds is 8. The fraction of sp³-hybridized carbons (Fsp3) is 0.219. The Balaban J connectivity index is 1.26. The van der Waals surface area contributed by atoms with Crippen molar-refractivity contribution < 1.29 is 24.1 Å². The van der Waals surface area contributed by atoms with E-state index in [1.165, 1.54) is 0 Å². The van der Waals surface area contributed by atoms with Crippen molar-refractivity contribution in [3.8, 4) is 22.8 Å². The molecule has 1 saturated heterocycles. The molecule has 6 rings (SSSR count). The topological polar surface area (TPSA) is 84.0 Å². The van der Waals surface area contributed by atoms with E-state index in [4.69, 9.17) is 14.2 Å². The maximum Gasteiger partial charge on any atom is 0.512 e. The zero-order chi connectivity index (χ0) is 26.6. The van der Waals surface area contributed by atoms with Crippen LogP contribution in [0.4, 0.5) is 10.5 Å². The summed E-state index contributed by atoms with van der Waals surface area (Å²) >= 11 is 0. The molecule has 0 aliphatic carbocycles. The van der Waals surface area contributed by atoms with Crippen LogP contribution in [-0.2, 0) is 11.2 Å². The minimum absolute atomic E-state index is 0.263. The molecule has 0 bridgehead atoms. The van der Waals surface area contributed by atoms with Crippen LogP contribution in [0.3, 0.4) is 0 Å². The van der Waals surface area contributed by atoms with Gasteiger partial charge in [-0.2, -0.15) is 0 Å². The van der Waals surface area contributed by atoms with Gasteiger partial charge in [0.2, 0.25) is 5.88 Å². The number of benzene rings is 4. The predicted molar refractivity (Wildman–Crippen MR) is 153 cm³/mol. The molecule has 2 heterocycles. The van der Waals surface area contributed by atoms with Gasteiger partial charge in [-0.05, 0) is 42.0 Å². The zero-order valence-electron chi connectivity index (χ0n) is 21.6. The van der Waals surface area contributed by atoms with Gasteiger partial charge in [-0.15, -0.1) is 0 Å². The maximum atomic E-state index is 11.5. The zero-order valence-corrected chi connectivity index (χ0v) is 21.6. The van der Waals surface area contributed by atoms with Gasteiger partial charge < -0.3 is 29.2 Å². The Morgan fingerprint density at radius 3 is 2.56 bits per heavy atom. The third-order valence-electron chi connectivity index (χ3n) is 7.20. The van der Waals surface area contributed by atoms with Crippen LogP contribution in [0.2, 0.25) is 0 Å². The molecule has 0 unspecified atom stereocenters. The largest absolute Gasteiger partial charge is 0.512 e. The number of anilines is 1. The Labute approximate surface area is 226 Å². The molecular weight excluding hydrogens is 492 g/mol. The van der Waals surface area contributed by atoms with Crippen molar-refractivity contribution in [2.75, 3.05) is 37.8 Å². The van der Waals surface area contributed by atoms with Gasteiger partial charge in [0.15, 0.2) is 0 Å². The number of para-hydroxylation sites is 1. The summed E-state index contributed by atoms with van der Waals surface area (Å²) in [6.45, 7) is 3.66. The van der Waals surface area contributed by atoms with E-state index in [1.807, 2.05) is 36.4 Å². The molecular formula is C32H30N2O5. The summed E-state index contributed by atoms with van der Waals surface area (Å²) in [5.74, 6) is 1.11. The summed E-state index contributed by atoms with van der Waals surface area (Å²) in [5.41, 5.74) is 4.89. The maximum absolute atomic E-state index is 11.5. The lowest BCUT2D eigenvalue weighted by Crippen LogP contribution is -2.36. The highest BCUT2D eigenvalue weighted by Crippen LogP contribution is 2.37. The normalized spacial score (nSPS) is 13.6. The number of H-pyrrole nitrogens is 1. The minimum Gasteiger partial charge on any atom is -0.493 e. The van der Waals surface area contributed by atoms with Crippen LogP contribution in [0.25, 0.3) is 32.8 Å². The number of hydrogen-bond acceptors (Lipinski definition) is 5. The lowest BCUT2D eigenvalue weighted by molar-refractivity contribution is 0.122. The quantitative estimate of drug-likeness (QED) is 0.170. The van der Waals surface area contributed by atoms with Crippen LogP contribution in [0, 0.1) is 0 Å². The van der Waals surface area contributed by atoms with Gasteiger partial charge in [0.25, 0.3) is 0 Å². The molecule has 0 spiro atoms. The molecule has 0 atom stereocenters. The van der Waals surface area contributed by atoms with Crippen LogP contribution in [0.1, 0.15) is 12.0 Å². The number of aromatic nitrogens is 1. The Morgan fingerprint density at radius 2 is 1.69 bits per heavy atom. The molecule has 1 aromatic heterocycles. The molecule has 0 amide bonds. The number of carbonyl (C=O) groups is 1. The number of hydrogen-bond donors (Lipinski definition) is 2. The third-order valence-corrected chi connectivity index (χ3v) is 7.20. The molecule has 7 heteroatoms. The van der Waals surface area contributed by atoms with Crippen molar-refractivity contribution in [2.45, 2.75) is 12.8 Å². The smallest absolute Gasteiger partial charge is 0.493 e. The van der Waals surface area contributed by atoms with Crippen molar-refractivity contribution in [3.05, 3.63) is 90.5 Å². The Kier molecular flexibility index (Phi) is 7.06. The minimum atomic E-state index is -1.34. The lowest BCUT2D eigenvalue weighted by atomic mass is 10.00. The highest BCUT2D eigenvalue weighted by Gasteiger charge is 2.19. The highest BCUT2D eigenvalue weighted by atomic mass is 16.7. The highest BCUT2D eigenvalue weighted by molar-refractivity contribution is 5.98. The SMILES string of the molecule is O=C(O)Oc1[nH]c2c(-c3cccc(N4CCOCC4)c3)cccc2c1CCCOc1cccc2ccccc12. The van der Waals surface area contributed by atoms with Crippen molar-refractivity contribution >= 4 is 33.5 Å². The van der Waals surface area contributed by atoms with Crippen LogP contribution in [-0.4, -0.2) is 49.2 Å². The van der Waals surface area contributed by atoms with E-state index in [-0.39, 0.29) is 5.88 Å². The predicted octanol–water partition coefficient (Wildman–Crippen LogP) is 6.89. The molecule has 0 radical (unpaired) electrons. The standard InChI is InChI=1S/C32H30N2O5/c35-32(36)39-31-28(14-6-18-38-29-15-4-8-22-7-1-2-11-25(22)29)27-13-5-12-26(30(27)33-31)23-9-3-10-24(21-23)34-16-19-37-20-17-34/h1-5,7-13,15,21,33H,6,14,16-20H2,(H,35,36). The molecule has 1 fully saturated rings. The number of morpholine rings is 1. The van der Waals surface area contributed by atoms with E-state index in [0.29, 0.717) is 19.4 Å². The third kappa shape index (κ3) is 5.26. The number of aryl methyl sites for hydroxylation is 1. The van der Waals surface area contributed by atoms with Gasteiger partial charge in [0.1, 0.15) is 5.75 Å². The van der Waals surface area contributed by atoms with E-state index in [0.717, 1.165) is 76.1 Å². The van der Waals surface area contributed by atoms with Crippen LogP contribution in [0.5, 0.6) is 11.6 Å². The van der Waals surface area contributed by atoms with Gasteiger partial charge in [0.05, 0.1) is 25.3 Å². The Morgan fingerprint density at radius 1 is 0.923 bits per heavy atom. The average Bonchev–Trinajstić information content (AvgIpc) is 3.32. The average molecular weight is 523 g/mol. The Bertz CT molecular complexity index is 1610. The number of nitrogens with zero attached hydrogens (tertiary/aromatic N) is 1. The van der Waals surface area contributed by atoms with Crippen LogP contribution < -0.4 is 14.4 Å². The molecule has 0 saturated carbocycles. The molecule has 1 aliphatic rings. The molecule has 5 aromatic rings. The number of carboxylic acid groups (broad SMARTS) is 1. The van der Waals surface area contributed by atoms with E-state index in [2.05, 4.69) is 58.4 Å². The first-order chi connectivity index (χ1) is 19.2. The summed E-state index contributed by atoms with van der Waals surface area (Å²) in [5, 5.41) is 12.6. The second-order valence-corrected chi connectivity index (χ2v) is 9.61. The van der Waals surface area contributed by atoms with Crippen molar-refractivity contribution in [1.82, 2.24) is 4.98 Å². The first kappa shape index (κ1) is 24.8. The summed E-state index contributed by atoms with van der Waals surface area (Å²) < 4.78 is 16.9. The van der Waals surface area contributed by atoms with Gasteiger partial charge >= 0.3 is 6.16 Å². The van der Waals surface area contributed by atoms with Crippen molar-refractivity contribution in [3.63, 3.8) is 0 Å². The number of aromatic amines is 1. The van der Waals surface area contributed by atoms with Gasteiger partial charge in [-0.3, -0.25) is 0 Å². The van der Waals surface area contributed by atoms with E-state index < -0.39 is 6.16 Å². The van der Waals surface area contributed by atoms with E-state index in [9.17, 15) is 9.90 Å². The second-order valence-electron chi connectivity index (χ2n) is 9.61. The van der Waals surface area contributed by atoms with Gasteiger partial charge in [-0.25, -0.2) is 4.79 Å². The van der Waals surface area contributed by atoms with Crippen molar-refractivity contribution in [2.24, 2.45) is 0 Å². The second kappa shape index (κ2) is 11.1. The molecule has 198 valence electrons. The van der Waals surface area contributed by atoms with Crippen molar-refractivity contribution in [1.29, 1.82) is 0 Å². The molecule has 2 N–H and O–H groups in total. The van der Waals surface area contributed by atoms with Gasteiger partial charge in [-0.1, -0.05) is 66.7 Å². The first-order valence-electron chi connectivity index (χ1n) is 13.3. The Hall–Kier alpha value is -4.49. The molecule has 1 aliphatic heterocycles. The summed E-state index contributed by atoms with van der Waals surface area (Å²) in [7, 11) is 0. The van der Waals surface area contributed by atoms with E-state index >= 15 is 0 Å². The molecule has 4 aromatic carbocycles. The first-order valence-corrected chi connectivity index (χ1v) is 13.3. The number of ether oxygens (including phenoxy) is 3. The fourth-order valence-corrected chi connectivity index (χ4v) is 5.36. The summed E-state index contributed by atoms with van der Waals surface area (Å²) in [6, 6.07) is 28.7. The molecule has 39 heavy (non-hydrogen) atoms. The fourth-order valence-electron chi connectivity index (χ4n) is 5.36. The lowest BCUT2D eigenvalue weighted by Gasteiger charge is -2.29. The summed E-state index contributed by atoms with van der Waals surface area (Å²) in [4.78, 5) is 17.1. The van der Waals surface area contributed by atoms with Crippen LogP contribution in [0.15, 0.2) is 84.9 Å². The summed E-state index contributed by atoms with van der Waals surface area (Å²) in [6.07, 6.45) is -0.0428.